The van der Waals surface area contributed by atoms with Crippen LogP contribution in [0.2, 0.25) is 0 Å². The molecule has 0 radical (unpaired) electrons. The maximum atomic E-state index is 14.2. The van der Waals surface area contributed by atoms with Gasteiger partial charge in [0.05, 0.1) is 19.2 Å². The smallest absolute Gasteiger partial charge is 0.148 e. The molecule has 1 unspecified atom stereocenters. The Morgan fingerprint density at radius 3 is 2.57 bits per heavy atom. The van der Waals surface area contributed by atoms with E-state index in [1.165, 1.54) is 38.5 Å². The molecule has 1 heterocycles. The number of rotatable bonds is 2. The van der Waals surface area contributed by atoms with Crippen molar-refractivity contribution in [2.45, 2.75) is 38.5 Å². The first-order chi connectivity index (χ1) is 10.00. The molecule has 5 rings (SSSR count). The average Bonchev–Trinajstić information content (AvgIpc) is 2.78. The van der Waals surface area contributed by atoms with Gasteiger partial charge in [0.25, 0.3) is 0 Å². The van der Waals surface area contributed by atoms with Gasteiger partial charge in [0.2, 0.25) is 0 Å². The maximum absolute atomic E-state index is 14.2. The molecule has 2 bridgehead atoms. The molecule has 1 atom stereocenters. The molecule has 1 nitrogen and oxygen atoms in total. The van der Waals surface area contributed by atoms with Crippen LogP contribution in [0, 0.1) is 17.2 Å². The lowest BCUT2D eigenvalue weighted by molar-refractivity contribution is 0.0461. The second-order valence-corrected chi connectivity index (χ2v) is 8.46. The van der Waals surface area contributed by atoms with Crippen LogP contribution in [0.4, 0.5) is 10.1 Å². The summed E-state index contributed by atoms with van der Waals surface area (Å²) < 4.78 is 15.8. The van der Waals surface area contributed by atoms with Crippen molar-refractivity contribution in [2.75, 3.05) is 13.6 Å². The van der Waals surface area contributed by atoms with Gasteiger partial charge in [-0.1, -0.05) is 15.9 Å². The first kappa shape index (κ1) is 14.0. The van der Waals surface area contributed by atoms with Crippen molar-refractivity contribution < 1.29 is 4.39 Å². The molecule has 1 aliphatic heterocycles. The van der Waals surface area contributed by atoms with Gasteiger partial charge in [-0.25, -0.2) is 4.39 Å². The highest BCUT2D eigenvalue weighted by molar-refractivity contribution is 9.10. The molecule has 0 spiro atoms. The predicted octanol–water partition coefficient (Wildman–Crippen LogP) is 5.48. The van der Waals surface area contributed by atoms with Crippen LogP contribution in [-0.4, -0.2) is 13.6 Å². The Bertz CT molecular complexity index is 602. The average molecular weight is 351 g/mol. The summed E-state index contributed by atoms with van der Waals surface area (Å²) in [7, 11) is 2.24. The van der Waals surface area contributed by atoms with Crippen LogP contribution in [0.15, 0.2) is 22.8 Å². The van der Waals surface area contributed by atoms with Crippen molar-refractivity contribution in [1.82, 2.24) is 4.48 Å². The highest BCUT2D eigenvalue weighted by Crippen LogP contribution is 2.52. The standard InChI is InChI=1S/C18H22BrFN/c1-21(12-18-6-2-13(3-7-18)4-8-18)9-5-15-16(20)10-14(19)11-17(15)21/h5,9-11,13H,2-4,6-8,12H2,1H3/q+1. The maximum Gasteiger partial charge on any atom is 0.148 e. The van der Waals surface area contributed by atoms with Gasteiger partial charge in [-0.3, -0.25) is 4.48 Å². The molecule has 112 valence electrons. The summed E-state index contributed by atoms with van der Waals surface area (Å²) in [6, 6.07) is 3.67. The number of benzene rings is 1. The Hall–Kier alpha value is -0.670. The van der Waals surface area contributed by atoms with Crippen LogP contribution in [0.25, 0.3) is 6.08 Å². The lowest BCUT2D eigenvalue weighted by atomic mass is 9.60. The number of quaternary nitrogens is 1. The lowest BCUT2D eigenvalue weighted by Crippen LogP contribution is -2.50. The molecular formula is C18H22BrFN+. The summed E-state index contributed by atoms with van der Waals surface area (Å²) in [5.41, 5.74) is 2.37. The van der Waals surface area contributed by atoms with Crippen molar-refractivity contribution in [3.63, 3.8) is 0 Å². The molecule has 1 aromatic rings. The first-order valence-corrected chi connectivity index (χ1v) is 8.83. The van der Waals surface area contributed by atoms with Gasteiger partial charge >= 0.3 is 0 Å². The molecule has 0 saturated heterocycles. The fourth-order valence-electron chi connectivity index (χ4n) is 4.89. The normalized spacial score (nSPS) is 37.0. The lowest BCUT2D eigenvalue weighted by Gasteiger charge is -2.49. The zero-order chi connectivity index (χ0) is 14.7. The fraction of sp³-hybridized carbons (Fsp3) is 0.556. The summed E-state index contributed by atoms with van der Waals surface area (Å²) in [5.74, 6) is 0.882. The van der Waals surface area contributed by atoms with E-state index < -0.39 is 0 Å². The van der Waals surface area contributed by atoms with Crippen LogP contribution in [0.5, 0.6) is 0 Å². The minimum absolute atomic E-state index is 0.109. The Morgan fingerprint density at radius 2 is 1.90 bits per heavy atom. The summed E-state index contributed by atoms with van der Waals surface area (Å²) in [6.45, 7) is 1.12. The molecular weight excluding hydrogens is 329 g/mol. The van der Waals surface area contributed by atoms with Gasteiger partial charge in [-0.15, -0.1) is 0 Å². The van der Waals surface area contributed by atoms with Crippen LogP contribution in [-0.2, 0) is 0 Å². The van der Waals surface area contributed by atoms with Gasteiger partial charge in [0.15, 0.2) is 0 Å². The van der Waals surface area contributed by atoms with Crippen LogP contribution in [0.1, 0.15) is 44.1 Å². The monoisotopic (exact) mass is 350 g/mol. The number of fused-ring (bicyclic) bond motifs is 4. The minimum atomic E-state index is -0.109. The third kappa shape index (κ3) is 2.20. The molecule has 0 amide bonds. The van der Waals surface area contributed by atoms with E-state index in [1.807, 2.05) is 6.08 Å². The van der Waals surface area contributed by atoms with Gasteiger partial charge in [0.1, 0.15) is 17.7 Å². The predicted molar refractivity (Wildman–Crippen MR) is 89.3 cm³/mol. The molecule has 3 heteroatoms. The van der Waals surface area contributed by atoms with E-state index in [0.29, 0.717) is 5.41 Å². The summed E-state index contributed by atoms with van der Waals surface area (Å²) in [6.07, 6.45) is 12.5. The van der Waals surface area contributed by atoms with E-state index in [-0.39, 0.29) is 5.82 Å². The Morgan fingerprint density at radius 1 is 1.24 bits per heavy atom. The third-order valence-electron chi connectivity index (χ3n) is 6.11. The quantitative estimate of drug-likeness (QED) is 0.619. The molecule has 0 aromatic heterocycles. The Balaban J connectivity index is 1.69. The summed E-state index contributed by atoms with van der Waals surface area (Å²) in [5, 5.41) is 0. The van der Waals surface area contributed by atoms with Gasteiger partial charge in [0, 0.05) is 22.0 Å². The fourth-order valence-corrected chi connectivity index (χ4v) is 5.31. The van der Waals surface area contributed by atoms with Gasteiger partial charge in [-0.05, 0) is 50.5 Å². The highest BCUT2D eigenvalue weighted by Gasteiger charge is 2.47. The molecule has 3 aliphatic carbocycles. The summed E-state index contributed by atoms with van der Waals surface area (Å²) in [4.78, 5) is 0. The van der Waals surface area contributed by atoms with Crippen LogP contribution >= 0.6 is 15.9 Å². The zero-order valence-electron chi connectivity index (χ0n) is 12.5. The van der Waals surface area contributed by atoms with Crippen LogP contribution in [0.3, 0.4) is 0 Å². The number of nitrogens with zero attached hydrogens (tertiary/aromatic N) is 1. The molecule has 3 saturated carbocycles. The zero-order valence-corrected chi connectivity index (χ0v) is 14.1. The number of halogens is 2. The number of hydrogen-bond donors (Lipinski definition) is 0. The molecule has 21 heavy (non-hydrogen) atoms. The second-order valence-electron chi connectivity index (χ2n) is 7.54. The largest absolute Gasteiger partial charge is 0.266 e. The minimum Gasteiger partial charge on any atom is -0.266 e. The van der Waals surface area contributed by atoms with Crippen molar-refractivity contribution in [1.29, 1.82) is 0 Å². The van der Waals surface area contributed by atoms with E-state index in [4.69, 9.17) is 0 Å². The topological polar surface area (TPSA) is 0 Å². The second kappa shape index (κ2) is 4.66. The molecule has 1 aromatic carbocycles. The van der Waals surface area contributed by atoms with Crippen molar-refractivity contribution in [3.05, 3.63) is 34.2 Å². The van der Waals surface area contributed by atoms with E-state index in [2.05, 4.69) is 35.2 Å². The first-order valence-electron chi connectivity index (χ1n) is 8.04. The Labute approximate surface area is 134 Å². The Kier molecular flexibility index (Phi) is 3.10. The van der Waals surface area contributed by atoms with Gasteiger partial charge in [-0.2, -0.15) is 0 Å². The van der Waals surface area contributed by atoms with Crippen LogP contribution < -0.4 is 4.48 Å². The van der Waals surface area contributed by atoms with Crippen molar-refractivity contribution >= 4 is 27.7 Å². The summed E-state index contributed by atoms with van der Waals surface area (Å²) >= 11 is 3.45. The van der Waals surface area contributed by atoms with Crippen molar-refractivity contribution in [3.8, 4) is 0 Å². The van der Waals surface area contributed by atoms with Crippen molar-refractivity contribution in [2.24, 2.45) is 11.3 Å². The van der Waals surface area contributed by atoms with Gasteiger partial charge < -0.3 is 0 Å². The highest BCUT2D eigenvalue weighted by atomic mass is 79.9. The van der Waals surface area contributed by atoms with E-state index in [1.54, 1.807) is 6.07 Å². The molecule has 3 fully saturated rings. The van der Waals surface area contributed by atoms with E-state index in [9.17, 15) is 4.39 Å². The third-order valence-corrected chi connectivity index (χ3v) is 6.56. The van der Waals surface area contributed by atoms with E-state index in [0.717, 1.165) is 32.7 Å². The number of hydrogen-bond acceptors (Lipinski definition) is 0. The molecule has 0 N–H and O–H groups in total. The van der Waals surface area contributed by atoms with E-state index >= 15 is 0 Å². The SMILES string of the molecule is C[N+]1(CC23CCC(CC2)CC3)C=Cc2c(F)cc(Br)cc21. The molecule has 4 aliphatic rings.